The lowest BCUT2D eigenvalue weighted by molar-refractivity contribution is -0.0461. The molecule has 3 heterocycles. The van der Waals surface area contributed by atoms with Crippen LogP contribution in [-0.2, 0) is 4.74 Å². The van der Waals surface area contributed by atoms with Gasteiger partial charge in [0.05, 0.1) is 30.2 Å². The molecular formula is C14H20N4O2. The van der Waals surface area contributed by atoms with Crippen LogP contribution in [0.3, 0.4) is 0 Å². The number of anilines is 1. The van der Waals surface area contributed by atoms with Crippen molar-refractivity contribution < 1.29 is 9.53 Å². The van der Waals surface area contributed by atoms with Gasteiger partial charge in [-0.2, -0.15) is 0 Å². The summed E-state index contributed by atoms with van der Waals surface area (Å²) in [6.45, 7) is 3.34. The van der Waals surface area contributed by atoms with Gasteiger partial charge in [0.15, 0.2) is 0 Å². The number of nitrogens with two attached hydrogens (primary N) is 1. The number of fused-ring (bicyclic) bond motifs is 1. The van der Waals surface area contributed by atoms with Crippen LogP contribution in [0.5, 0.6) is 0 Å². The van der Waals surface area contributed by atoms with Crippen LogP contribution in [0.25, 0.3) is 0 Å². The molecule has 1 aromatic rings. The Kier molecular flexibility index (Phi) is 3.84. The minimum atomic E-state index is -0.169. The molecule has 20 heavy (non-hydrogen) atoms. The molecule has 2 aliphatic rings. The highest BCUT2D eigenvalue weighted by Gasteiger charge is 2.32. The average Bonchev–Trinajstić information content (AvgIpc) is 2.92. The van der Waals surface area contributed by atoms with Gasteiger partial charge in [-0.25, -0.2) is 0 Å². The van der Waals surface area contributed by atoms with Gasteiger partial charge in [-0.3, -0.25) is 14.7 Å². The van der Waals surface area contributed by atoms with Gasteiger partial charge in [0.1, 0.15) is 0 Å². The van der Waals surface area contributed by atoms with Gasteiger partial charge in [0, 0.05) is 25.3 Å². The predicted molar refractivity (Wildman–Crippen MR) is 75.3 cm³/mol. The van der Waals surface area contributed by atoms with Crippen molar-refractivity contribution in [3.05, 3.63) is 24.0 Å². The van der Waals surface area contributed by atoms with Crippen LogP contribution in [0.2, 0.25) is 0 Å². The summed E-state index contributed by atoms with van der Waals surface area (Å²) in [6.07, 6.45) is 5.60. The van der Waals surface area contributed by atoms with E-state index in [-0.39, 0.29) is 12.0 Å². The second-order valence-corrected chi connectivity index (χ2v) is 5.42. The fourth-order valence-corrected chi connectivity index (χ4v) is 2.92. The zero-order chi connectivity index (χ0) is 13.9. The summed E-state index contributed by atoms with van der Waals surface area (Å²) in [4.78, 5) is 18.4. The van der Waals surface area contributed by atoms with Crippen LogP contribution in [0.15, 0.2) is 18.5 Å². The van der Waals surface area contributed by atoms with E-state index in [0.717, 1.165) is 19.7 Å². The summed E-state index contributed by atoms with van der Waals surface area (Å²) in [5.41, 5.74) is 6.60. The van der Waals surface area contributed by atoms with Crippen LogP contribution in [0.4, 0.5) is 5.69 Å². The molecule has 3 N–H and O–H groups in total. The molecule has 2 aliphatic heterocycles. The Balaban J connectivity index is 1.52. The highest BCUT2D eigenvalue weighted by Crippen LogP contribution is 2.22. The van der Waals surface area contributed by atoms with E-state index in [1.807, 2.05) is 0 Å². The van der Waals surface area contributed by atoms with Gasteiger partial charge in [-0.05, 0) is 25.5 Å². The van der Waals surface area contributed by atoms with Crippen molar-refractivity contribution in [1.82, 2.24) is 15.2 Å². The van der Waals surface area contributed by atoms with E-state index in [1.54, 1.807) is 12.3 Å². The Labute approximate surface area is 118 Å². The number of carbonyl (C=O) groups is 1. The second kappa shape index (κ2) is 5.76. The van der Waals surface area contributed by atoms with E-state index in [1.165, 1.54) is 19.0 Å². The van der Waals surface area contributed by atoms with E-state index in [9.17, 15) is 4.79 Å². The summed E-state index contributed by atoms with van der Waals surface area (Å²) in [5.74, 6) is -0.169. The van der Waals surface area contributed by atoms with Crippen molar-refractivity contribution in [3.8, 4) is 0 Å². The van der Waals surface area contributed by atoms with Gasteiger partial charge < -0.3 is 15.8 Å². The lowest BCUT2D eigenvalue weighted by Crippen LogP contribution is -2.50. The topological polar surface area (TPSA) is 80.5 Å². The third kappa shape index (κ3) is 2.76. The Morgan fingerprint density at radius 1 is 1.60 bits per heavy atom. The van der Waals surface area contributed by atoms with Crippen LogP contribution in [-0.4, -0.2) is 54.2 Å². The number of aromatic nitrogens is 1. The van der Waals surface area contributed by atoms with Crippen LogP contribution >= 0.6 is 0 Å². The summed E-state index contributed by atoms with van der Waals surface area (Å²) in [7, 11) is 0. The first kappa shape index (κ1) is 13.3. The zero-order valence-corrected chi connectivity index (χ0v) is 11.4. The fourth-order valence-electron chi connectivity index (χ4n) is 2.92. The molecule has 0 bridgehead atoms. The Morgan fingerprint density at radius 3 is 3.35 bits per heavy atom. The third-order valence-corrected chi connectivity index (χ3v) is 4.05. The molecule has 6 nitrogen and oxygen atoms in total. The van der Waals surface area contributed by atoms with Gasteiger partial charge in [-0.15, -0.1) is 0 Å². The minimum absolute atomic E-state index is 0.0661. The van der Waals surface area contributed by atoms with E-state index in [2.05, 4.69) is 15.2 Å². The van der Waals surface area contributed by atoms with Gasteiger partial charge >= 0.3 is 0 Å². The monoisotopic (exact) mass is 276 g/mol. The molecule has 2 fully saturated rings. The molecule has 2 saturated heterocycles. The first-order chi connectivity index (χ1) is 9.74. The number of rotatable bonds is 3. The van der Waals surface area contributed by atoms with Gasteiger partial charge in [0.25, 0.3) is 5.91 Å². The predicted octanol–water partition coefficient (Wildman–Crippen LogP) is 0.257. The summed E-state index contributed by atoms with van der Waals surface area (Å²) in [5, 5.41) is 2.89. The van der Waals surface area contributed by atoms with E-state index in [4.69, 9.17) is 10.5 Å². The van der Waals surface area contributed by atoms with Gasteiger partial charge in [-0.1, -0.05) is 0 Å². The van der Waals surface area contributed by atoms with E-state index < -0.39 is 0 Å². The molecule has 0 radical (unpaired) electrons. The number of nitrogens with one attached hydrogen (secondary N) is 1. The quantitative estimate of drug-likeness (QED) is 0.827. The number of amides is 1. The molecule has 2 unspecified atom stereocenters. The standard InChI is InChI=1S/C14H20N4O2/c15-13-7-16-4-3-12(13)14(19)17-6-11-8-18-5-1-2-10(18)9-20-11/h3-4,7,10-11H,1-2,5-6,8-9,15H2,(H,17,19). The van der Waals surface area contributed by atoms with Crippen LogP contribution in [0, 0.1) is 0 Å². The molecule has 1 aromatic heterocycles. The molecular weight excluding hydrogens is 256 g/mol. The number of nitrogens with zero attached hydrogens (tertiary/aromatic N) is 2. The Hall–Kier alpha value is -1.66. The maximum Gasteiger partial charge on any atom is 0.253 e. The summed E-state index contributed by atoms with van der Waals surface area (Å²) >= 11 is 0. The molecule has 0 aliphatic carbocycles. The second-order valence-electron chi connectivity index (χ2n) is 5.42. The molecule has 6 heteroatoms. The molecule has 0 aromatic carbocycles. The fraction of sp³-hybridized carbons (Fsp3) is 0.571. The molecule has 0 saturated carbocycles. The molecule has 108 valence electrons. The smallest absolute Gasteiger partial charge is 0.253 e. The highest BCUT2D eigenvalue weighted by molar-refractivity contribution is 5.98. The third-order valence-electron chi connectivity index (χ3n) is 4.05. The lowest BCUT2D eigenvalue weighted by atomic mass is 10.2. The molecule has 1 amide bonds. The molecule has 0 spiro atoms. The average molecular weight is 276 g/mol. The zero-order valence-electron chi connectivity index (χ0n) is 11.4. The Morgan fingerprint density at radius 2 is 2.50 bits per heavy atom. The van der Waals surface area contributed by atoms with Crippen molar-refractivity contribution in [1.29, 1.82) is 0 Å². The number of nitrogen functional groups attached to an aromatic ring is 1. The first-order valence-corrected chi connectivity index (χ1v) is 7.07. The number of morpholine rings is 1. The largest absolute Gasteiger partial charge is 0.397 e. The highest BCUT2D eigenvalue weighted by atomic mass is 16.5. The summed E-state index contributed by atoms with van der Waals surface area (Å²) < 4.78 is 5.81. The SMILES string of the molecule is Nc1cnccc1C(=O)NCC1CN2CCCC2CO1. The van der Waals surface area contributed by atoms with Crippen molar-refractivity contribution in [3.63, 3.8) is 0 Å². The number of pyridine rings is 1. The number of hydrogen-bond donors (Lipinski definition) is 2. The number of ether oxygens (including phenoxy) is 1. The van der Waals surface area contributed by atoms with E-state index in [0.29, 0.717) is 23.8 Å². The van der Waals surface area contributed by atoms with Gasteiger partial charge in [0.2, 0.25) is 0 Å². The maximum atomic E-state index is 12.0. The van der Waals surface area contributed by atoms with Crippen molar-refractivity contribution in [2.24, 2.45) is 0 Å². The maximum absolute atomic E-state index is 12.0. The Bertz CT molecular complexity index is 494. The van der Waals surface area contributed by atoms with Crippen molar-refractivity contribution in [2.45, 2.75) is 25.0 Å². The lowest BCUT2D eigenvalue weighted by Gasteiger charge is -2.35. The first-order valence-electron chi connectivity index (χ1n) is 7.07. The van der Waals surface area contributed by atoms with Crippen LogP contribution < -0.4 is 11.1 Å². The molecule has 3 rings (SSSR count). The van der Waals surface area contributed by atoms with Crippen molar-refractivity contribution in [2.75, 3.05) is 32.0 Å². The normalized spacial score (nSPS) is 26.2. The minimum Gasteiger partial charge on any atom is -0.397 e. The molecule has 2 atom stereocenters. The van der Waals surface area contributed by atoms with E-state index >= 15 is 0 Å². The summed E-state index contributed by atoms with van der Waals surface area (Å²) in [6, 6.07) is 2.21. The number of carbonyl (C=O) groups excluding carboxylic acids is 1. The van der Waals surface area contributed by atoms with Crippen LogP contribution in [0.1, 0.15) is 23.2 Å². The number of hydrogen-bond acceptors (Lipinski definition) is 5. The van der Waals surface area contributed by atoms with Crippen molar-refractivity contribution >= 4 is 11.6 Å².